The summed E-state index contributed by atoms with van der Waals surface area (Å²) in [6.07, 6.45) is 48.0. The maximum absolute atomic E-state index is 17.5. The summed E-state index contributed by atoms with van der Waals surface area (Å²) in [5, 5.41) is 4.14. The van der Waals surface area contributed by atoms with Gasteiger partial charge in [-0.05, 0) is 0 Å². The molecule has 14 rings (SSSR count). The molecule has 0 bridgehead atoms. The van der Waals surface area contributed by atoms with E-state index in [4.69, 9.17) is 46.4 Å². The molecule has 2 fully saturated rings. The zero-order valence-corrected chi connectivity index (χ0v) is 77.2. The molecule has 538 valence electrons. The Morgan fingerprint density at radius 1 is 0.340 bits per heavy atom. The maximum atomic E-state index is 17.5. The van der Waals surface area contributed by atoms with Crippen LogP contribution in [0, 0.1) is 23.3 Å². The number of fused-ring (bicyclic) bond motifs is 8. The summed E-state index contributed by atoms with van der Waals surface area (Å²) in [6, 6.07) is 15.1. The minimum atomic E-state index is -8.45. The van der Waals surface area contributed by atoms with Gasteiger partial charge in [0.05, 0.1) is 0 Å². The van der Waals surface area contributed by atoms with Gasteiger partial charge in [-0.1, -0.05) is 0 Å². The molecule has 2 aliphatic heterocycles. The van der Waals surface area contributed by atoms with Crippen LogP contribution < -0.4 is 20.7 Å². The molecule has 8 unspecified atom stereocenters. The van der Waals surface area contributed by atoms with Gasteiger partial charge in [-0.2, -0.15) is 0 Å². The van der Waals surface area contributed by atoms with Crippen LogP contribution in [0.2, 0.25) is 123 Å². The van der Waals surface area contributed by atoms with Gasteiger partial charge in [0.25, 0.3) is 0 Å². The van der Waals surface area contributed by atoms with Crippen LogP contribution in [0.1, 0.15) is 99.3 Å². The van der Waals surface area contributed by atoms with Crippen LogP contribution in [0.3, 0.4) is 0 Å². The van der Waals surface area contributed by atoms with Gasteiger partial charge in [-0.3, -0.25) is 0 Å². The van der Waals surface area contributed by atoms with Gasteiger partial charge in [0, 0.05) is 0 Å². The molecular weight excluding hydrogens is 1670 g/mol. The fourth-order valence-electron chi connectivity index (χ4n) is 24.4. The third kappa shape index (κ3) is 9.12. The van der Waals surface area contributed by atoms with Gasteiger partial charge < -0.3 is 0 Å². The topological polar surface area (TPSA) is 0 Å². The number of allylic oxidation sites excluding steroid dienone is 32. The van der Waals surface area contributed by atoms with Crippen molar-refractivity contribution in [3.05, 3.63) is 303 Å². The first kappa shape index (κ1) is 76.1. The number of halogens is 10. The molecule has 103 heavy (non-hydrogen) atoms. The Labute approximate surface area is 642 Å². The molecule has 8 aliphatic carbocycles. The van der Waals surface area contributed by atoms with E-state index >= 15 is 17.6 Å². The van der Waals surface area contributed by atoms with E-state index < -0.39 is 99.4 Å². The van der Waals surface area contributed by atoms with Crippen LogP contribution in [-0.2, 0) is 14.7 Å². The van der Waals surface area contributed by atoms with E-state index in [1.807, 2.05) is 24.3 Å². The molecule has 2 saturated heterocycles. The van der Waals surface area contributed by atoms with Crippen LogP contribution in [0.5, 0.6) is 0 Å². The zero-order valence-electron chi connectivity index (χ0n) is 62.7. The first-order valence-corrected chi connectivity index (χ1v) is 73.4. The van der Waals surface area contributed by atoms with Gasteiger partial charge in [0.2, 0.25) is 0 Å². The molecule has 8 atom stereocenters. The van der Waals surface area contributed by atoms with Crippen molar-refractivity contribution in [2.45, 2.75) is 180 Å². The van der Waals surface area contributed by atoms with Crippen LogP contribution >= 0.6 is 63.6 Å². The standard InChI is InChI=1S/2C43H48Cl2F2Si3.2ClH.Hf/c2*1-10-26-20-34-30(28-22-36(44)42(38(46)24-28)49(4,5)6)16-12-14-18-32(34)40(26)48(3)41-27(11-2)21-35-31(17-13-15-19-33(35)41)29-23-37(45)43(39(47)25-29)50(7,8)9;;;/h2*12-25,30-31,48H,10-11H2,1-9H3;2*1H;/q;;;;+2/p-2. The first-order valence-electron chi connectivity index (χ1n) is 37.2. The third-order valence-corrected chi connectivity index (χ3v) is 152. The molecule has 0 saturated carbocycles. The van der Waals surface area contributed by atoms with E-state index in [1.165, 1.54) is 22.3 Å². The van der Waals surface area contributed by atoms with Gasteiger partial charge in [-0.15, -0.1) is 0 Å². The van der Waals surface area contributed by atoms with Gasteiger partial charge in [0.15, 0.2) is 0 Å². The number of rotatable bonds is 12. The summed E-state index contributed by atoms with van der Waals surface area (Å²) >= 11 is 21.4. The average molecular weight is 1770 g/mol. The van der Waals surface area contributed by atoms with Crippen LogP contribution in [0.15, 0.2) is 237 Å². The Morgan fingerprint density at radius 2 is 0.534 bits per heavy atom. The SMILES string of the molecule is CCC1=CC2=C(C=CC=CC2c2cc(F)c([Si](C)(C)C)c(Cl)c2)[C]12[SiH](C)[C]1(C(CC)=CC3=C1C=CC=CC3c1cc(F)c([Si](C)(C)C)c(Cl)c1)[Hf]21([Cl])([Cl])[C]2(C(CC)=CC3=C2C=CC=CC3c2cc(F)c([Si](C)(C)C)c(Cl)c2)[SiH](C)[C]12C(CC)=CC1=C2C=CC=CC1c1cc(F)c([Si](C)(C)C)c(Cl)c1. The predicted molar refractivity (Wildman–Crippen MR) is 452 cm³/mol. The second-order valence-corrected chi connectivity index (χ2v) is 111. The fourth-order valence-corrected chi connectivity index (χ4v) is 205. The molecule has 10 aliphatic rings. The summed E-state index contributed by atoms with van der Waals surface area (Å²) in [5.41, 5.74) is 16.4. The molecule has 4 aromatic carbocycles. The Kier molecular flexibility index (Phi) is 18.4. The normalized spacial score (nSPS) is 30.4. The summed E-state index contributed by atoms with van der Waals surface area (Å²) in [4.78, 5) is 0. The van der Waals surface area contributed by atoms with E-state index in [2.05, 4.69) is 241 Å². The Bertz CT molecular complexity index is 4340. The van der Waals surface area contributed by atoms with Crippen molar-refractivity contribution in [1.29, 1.82) is 0 Å². The van der Waals surface area contributed by atoms with Crippen molar-refractivity contribution < 1.29 is 32.2 Å². The summed E-state index contributed by atoms with van der Waals surface area (Å²) in [6.45, 7) is 40.0. The molecule has 0 amide bonds. The molecule has 17 heteroatoms. The Hall–Kier alpha value is -3.65. The van der Waals surface area contributed by atoms with Crippen molar-refractivity contribution >= 4 is 134 Å². The van der Waals surface area contributed by atoms with Gasteiger partial charge in [-0.25, -0.2) is 0 Å². The molecule has 0 N–H and O–H groups in total. The van der Waals surface area contributed by atoms with E-state index in [1.54, 1.807) is 24.3 Å². The van der Waals surface area contributed by atoms with Crippen molar-refractivity contribution in [3.8, 4) is 0 Å². The van der Waals surface area contributed by atoms with Crippen LogP contribution in [0.4, 0.5) is 17.6 Å². The molecule has 0 radical (unpaired) electrons. The predicted octanol–water partition coefficient (Wildman–Crippen LogP) is 25.6. The molecule has 0 nitrogen and oxygen atoms in total. The van der Waals surface area contributed by atoms with E-state index in [0.717, 1.165) is 66.8 Å². The van der Waals surface area contributed by atoms with Crippen LogP contribution in [-0.4, -0.2) is 49.9 Å². The van der Waals surface area contributed by atoms with E-state index in [9.17, 15) is 17.2 Å². The fraction of sp³-hybridized carbons (Fsp3) is 0.349. The number of benzene rings is 4. The second-order valence-electron chi connectivity index (χ2n) is 35.1. The number of hydrogen-bond acceptors (Lipinski definition) is 0. The summed E-state index contributed by atoms with van der Waals surface area (Å²) in [5.74, 6) is -3.09. The summed E-state index contributed by atoms with van der Waals surface area (Å²) in [7, 11) is 8.30. The average Bonchev–Trinajstić information content (AvgIpc) is 1.52. The van der Waals surface area contributed by atoms with Gasteiger partial charge >= 0.3 is 649 Å². The molecule has 5 spiro atoms. The van der Waals surface area contributed by atoms with E-state index in [-0.39, 0.29) is 23.3 Å². The quantitative estimate of drug-likeness (QED) is 0.0980. The molecular formula is C86H96Cl6F4HfSi6. The zero-order chi connectivity index (χ0) is 74.7. The Balaban J connectivity index is 1.22. The third-order valence-electron chi connectivity index (χ3n) is 26.7. The Morgan fingerprint density at radius 3 is 0.699 bits per heavy atom. The van der Waals surface area contributed by atoms with Crippen molar-refractivity contribution in [2.75, 3.05) is 0 Å². The molecule has 2 heterocycles. The number of hydrogen-bond donors (Lipinski definition) is 0. The van der Waals surface area contributed by atoms with Gasteiger partial charge in [0.1, 0.15) is 0 Å². The van der Waals surface area contributed by atoms with Crippen LogP contribution in [0.25, 0.3) is 0 Å². The van der Waals surface area contributed by atoms with E-state index in [0.29, 0.717) is 66.5 Å². The monoisotopic (exact) mass is 1760 g/mol. The minimum absolute atomic E-state index is 0.296. The van der Waals surface area contributed by atoms with Crippen molar-refractivity contribution in [2.24, 2.45) is 0 Å². The van der Waals surface area contributed by atoms with Crippen molar-refractivity contribution in [1.82, 2.24) is 0 Å². The second kappa shape index (κ2) is 24.9. The summed E-state index contributed by atoms with van der Waals surface area (Å²) < 4.78 is 65.9. The molecule has 0 aromatic heterocycles. The first-order chi connectivity index (χ1) is 48.2. The molecule has 4 aromatic rings. The van der Waals surface area contributed by atoms with Crippen molar-refractivity contribution in [3.63, 3.8) is 0 Å².